The van der Waals surface area contributed by atoms with Gasteiger partial charge in [-0.25, -0.2) is 4.79 Å². The zero-order chi connectivity index (χ0) is 18.1. The number of rotatable bonds is 3. The zero-order valence-electron chi connectivity index (χ0n) is 16.3. The highest BCUT2D eigenvalue weighted by Crippen LogP contribution is 2.33. The van der Waals surface area contributed by atoms with Crippen LogP contribution >= 0.6 is 0 Å². The first-order valence-corrected chi connectivity index (χ1v) is 10.5. The number of hydrogen-bond donors (Lipinski definition) is 1. The molecule has 0 spiro atoms. The molecule has 3 atom stereocenters. The number of likely N-dealkylation sites (tertiary alicyclic amines) is 1. The molecule has 4 nitrogen and oxygen atoms in total. The van der Waals surface area contributed by atoms with Crippen molar-refractivity contribution in [3.63, 3.8) is 0 Å². The maximum absolute atomic E-state index is 12.6. The molecule has 4 heteroatoms. The van der Waals surface area contributed by atoms with Crippen LogP contribution in [0.5, 0.6) is 0 Å². The van der Waals surface area contributed by atoms with E-state index in [0.29, 0.717) is 6.04 Å². The number of anilines is 1. The summed E-state index contributed by atoms with van der Waals surface area (Å²) in [5.74, 6) is 2.57. The van der Waals surface area contributed by atoms with Crippen LogP contribution in [0, 0.1) is 17.8 Å². The van der Waals surface area contributed by atoms with E-state index >= 15 is 0 Å². The fourth-order valence-electron chi connectivity index (χ4n) is 5.30. The summed E-state index contributed by atoms with van der Waals surface area (Å²) in [6.07, 6.45) is 6.65. The molecule has 1 saturated carbocycles. The maximum atomic E-state index is 12.6. The Bertz CT molecular complexity index is 634. The molecule has 0 aromatic heterocycles. The second-order valence-electron chi connectivity index (χ2n) is 9.04. The number of amides is 2. The third-order valence-electron chi connectivity index (χ3n) is 6.69. The molecule has 0 radical (unpaired) electrons. The summed E-state index contributed by atoms with van der Waals surface area (Å²) < 4.78 is 0. The number of carbonyl (C=O) groups excluding carboxylic acids is 1. The molecule has 1 saturated heterocycles. The van der Waals surface area contributed by atoms with Crippen LogP contribution in [0.3, 0.4) is 0 Å². The van der Waals surface area contributed by atoms with E-state index in [2.05, 4.69) is 41.1 Å². The van der Waals surface area contributed by atoms with Gasteiger partial charge in [0, 0.05) is 37.9 Å². The molecule has 1 N–H and O–H groups in total. The highest BCUT2D eigenvalue weighted by molar-refractivity contribution is 5.92. The molecule has 1 aromatic rings. The topological polar surface area (TPSA) is 35.6 Å². The molecule has 3 aliphatic rings. The Hall–Kier alpha value is -1.55. The van der Waals surface area contributed by atoms with Gasteiger partial charge in [0.25, 0.3) is 0 Å². The van der Waals surface area contributed by atoms with E-state index in [0.717, 1.165) is 49.5 Å². The van der Waals surface area contributed by atoms with E-state index in [1.807, 2.05) is 12.1 Å². The van der Waals surface area contributed by atoms with Crippen molar-refractivity contribution in [2.45, 2.75) is 58.5 Å². The van der Waals surface area contributed by atoms with E-state index in [1.165, 1.54) is 37.8 Å². The van der Waals surface area contributed by atoms with Crippen LogP contribution in [-0.2, 0) is 6.54 Å². The van der Waals surface area contributed by atoms with Gasteiger partial charge >= 0.3 is 6.03 Å². The van der Waals surface area contributed by atoms with E-state index in [4.69, 9.17) is 0 Å². The van der Waals surface area contributed by atoms with Crippen LogP contribution < -0.4 is 5.32 Å². The van der Waals surface area contributed by atoms with Gasteiger partial charge in [-0.15, -0.1) is 0 Å². The van der Waals surface area contributed by atoms with Crippen molar-refractivity contribution in [3.8, 4) is 0 Å². The number of fused-ring (bicyclic) bond motifs is 1. The van der Waals surface area contributed by atoms with Gasteiger partial charge < -0.3 is 15.1 Å². The van der Waals surface area contributed by atoms with Crippen molar-refractivity contribution in [2.24, 2.45) is 17.8 Å². The van der Waals surface area contributed by atoms with Crippen molar-refractivity contribution in [1.82, 2.24) is 9.80 Å². The molecule has 1 aromatic carbocycles. The lowest BCUT2D eigenvalue weighted by Gasteiger charge is -2.34. The largest absolute Gasteiger partial charge is 0.322 e. The fourth-order valence-corrected chi connectivity index (χ4v) is 5.30. The Balaban J connectivity index is 1.36. The summed E-state index contributed by atoms with van der Waals surface area (Å²) in [6.45, 7) is 8.99. The summed E-state index contributed by atoms with van der Waals surface area (Å²) in [7, 11) is 0. The summed E-state index contributed by atoms with van der Waals surface area (Å²) in [6, 6.07) is 8.60. The van der Waals surface area contributed by atoms with Gasteiger partial charge in [0.15, 0.2) is 0 Å². The van der Waals surface area contributed by atoms with Gasteiger partial charge in [-0.05, 0) is 48.6 Å². The predicted molar refractivity (Wildman–Crippen MR) is 106 cm³/mol. The minimum Gasteiger partial charge on any atom is -0.316 e. The van der Waals surface area contributed by atoms with Gasteiger partial charge in [-0.3, -0.25) is 0 Å². The lowest BCUT2D eigenvalue weighted by Crippen LogP contribution is -2.46. The first kappa shape index (κ1) is 17.8. The van der Waals surface area contributed by atoms with Crippen LogP contribution in [0.1, 0.15) is 51.5 Å². The Labute approximate surface area is 157 Å². The van der Waals surface area contributed by atoms with E-state index in [1.54, 1.807) is 0 Å². The molecule has 26 heavy (non-hydrogen) atoms. The van der Waals surface area contributed by atoms with Crippen molar-refractivity contribution < 1.29 is 4.79 Å². The number of hydrogen-bond acceptors (Lipinski definition) is 2. The van der Waals surface area contributed by atoms with Crippen LogP contribution in [0.25, 0.3) is 0 Å². The second-order valence-corrected chi connectivity index (χ2v) is 9.04. The van der Waals surface area contributed by atoms with E-state index < -0.39 is 0 Å². The first-order valence-electron chi connectivity index (χ1n) is 10.5. The van der Waals surface area contributed by atoms with Crippen molar-refractivity contribution in [1.29, 1.82) is 0 Å². The zero-order valence-corrected chi connectivity index (χ0v) is 16.3. The minimum atomic E-state index is 0.0762. The van der Waals surface area contributed by atoms with Crippen LogP contribution in [0.2, 0.25) is 0 Å². The van der Waals surface area contributed by atoms with Crippen LogP contribution in [0.15, 0.2) is 24.3 Å². The lowest BCUT2D eigenvalue weighted by molar-refractivity contribution is 0.174. The van der Waals surface area contributed by atoms with Gasteiger partial charge in [-0.1, -0.05) is 44.9 Å². The number of para-hydroxylation sites is 1. The molecular formula is C22H33N3O. The number of carbonyl (C=O) groups is 1. The quantitative estimate of drug-likeness (QED) is 0.806. The molecule has 1 aliphatic carbocycles. The van der Waals surface area contributed by atoms with Gasteiger partial charge in [0.1, 0.15) is 0 Å². The van der Waals surface area contributed by atoms with E-state index in [9.17, 15) is 4.79 Å². The predicted octanol–water partition coefficient (Wildman–Crippen LogP) is 4.57. The molecule has 142 valence electrons. The van der Waals surface area contributed by atoms with Crippen LogP contribution in [0.4, 0.5) is 10.5 Å². The monoisotopic (exact) mass is 355 g/mol. The Kier molecular flexibility index (Phi) is 5.21. The molecule has 2 heterocycles. The molecule has 2 fully saturated rings. The number of benzene rings is 1. The third-order valence-corrected chi connectivity index (χ3v) is 6.69. The van der Waals surface area contributed by atoms with Crippen molar-refractivity contribution in [3.05, 3.63) is 29.8 Å². The summed E-state index contributed by atoms with van der Waals surface area (Å²) in [4.78, 5) is 17.2. The Morgan fingerprint density at radius 1 is 1.08 bits per heavy atom. The highest BCUT2D eigenvalue weighted by Gasteiger charge is 2.34. The number of urea groups is 1. The highest BCUT2D eigenvalue weighted by atomic mass is 16.2. The lowest BCUT2D eigenvalue weighted by atomic mass is 9.92. The summed E-state index contributed by atoms with van der Waals surface area (Å²) in [5.41, 5.74) is 2.21. The second kappa shape index (κ2) is 7.59. The van der Waals surface area contributed by atoms with Gasteiger partial charge in [-0.2, -0.15) is 0 Å². The fraction of sp³-hybridized carbons (Fsp3) is 0.682. The smallest absolute Gasteiger partial charge is 0.316 e. The van der Waals surface area contributed by atoms with Gasteiger partial charge in [0.05, 0.1) is 0 Å². The Morgan fingerprint density at radius 2 is 1.81 bits per heavy atom. The molecule has 2 amide bonds. The molecule has 0 bridgehead atoms. The molecule has 2 aliphatic heterocycles. The van der Waals surface area contributed by atoms with Crippen molar-refractivity contribution in [2.75, 3.05) is 25.0 Å². The standard InChI is InChI=1S/C22H33N3O/c1-16-7-8-17(2)12-18(11-16)13-24-10-9-20(15-24)25-14-19-5-3-4-6-21(19)23-22(25)26/h3-6,16-18,20H,7-15H2,1-2H3,(H,23,26). The SMILES string of the molecule is CC1CCC(C)CC(CN2CCC(N3Cc4ccccc4NC3=O)C2)C1. The molecular weight excluding hydrogens is 322 g/mol. The summed E-state index contributed by atoms with van der Waals surface area (Å²) in [5, 5.41) is 3.07. The average molecular weight is 356 g/mol. The molecule has 3 unspecified atom stereocenters. The van der Waals surface area contributed by atoms with Crippen LogP contribution in [-0.4, -0.2) is 41.5 Å². The van der Waals surface area contributed by atoms with Gasteiger partial charge in [0.2, 0.25) is 0 Å². The summed E-state index contributed by atoms with van der Waals surface area (Å²) >= 11 is 0. The van der Waals surface area contributed by atoms with E-state index in [-0.39, 0.29) is 6.03 Å². The minimum absolute atomic E-state index is 0.0762. The Morgan fingerprint density at radius 3 is 2.58 bits per heavy atom. The third kappa shape index (κ3) is 3.90. The average Bonchev–Trinajstić information content (AvgIpc) is 3.00. The number of nitrogens with zero attached hydrogens (tertiary/aromatic N) is 2. The normalized spacial score (nSPS) is 32.8. The molecule has 4 rings (SSSR count). The number of nitrogens with one attached hydrogen (secondary N) is 1. The first-order chi connectivity index (χ1) is 12.6. The van der Waals surface area contributed by atoms with Crippen molar-refractivity contribution >= 4 is 11.7 Å². The maximum Gasteiger partial charge on any atom is 0.322 e.